The zero-order valence-electron chi connectivity index (χ0n) is 7.84. The maximum atomic E-state index is 10.6. The molecule has 76 valence electrons. The molecule has 5 nitrogen and oxygen atoms in total. The predicted molar refractivity (Wildman–Crippen MR) is 52.2 cm³/mol. The van der Waals surface area contributed by atoms with Crippen molar-refractivity contribution in [2.45, 2.75) is 13.0 Å². The lowest BCUT2D eigenvalue weighted by molar-refractivity contribution is -0.385. The van der Waals surface area contributed by atoms with Gasteiger partial charge in [0.1, 0.15) is 6.61 Å². The Labute approximate surface area is 81.6 Å². The Morgan fingerprint density at radius 3 is 2.79 bits per heavy atom. The number of rotatable bonds is 4. The quantitative estimate of drug-likeness (QED) is 0.581. The van der Waals surface area contributed by atoms with E-state index in [2.05, 4.69) is 0 Å². The van der Waals surface area contributed by atoms with Gasteiger partial charge in [0.2, 0.25) is 0 Å². The fourth-order valence-corrected chi connectivity index (χ4v) is 0.951. The smallest absolute Gasteiger partial charge is 0.310 e. The number of hydrogen-bond acceptors (Lipinski definition) is 4. The molecule has 0 aliphatic heterocycles. The minimum Gasteiger partial charge on any atom is -0.485 e. The van der Waals surface area contributed by atoms with E-state index >= 15 is 0 Å². The molecule has 0 amide bonds. The lowest BCUT2D eigenvalue weighted by atomic mass is 10.3. The molecule has 0 spiro atoms. The summed E-state index contributed by atoms with van der Waals surface area (Å²) < 4.78 is 5.19. The number of nitro groups is 1. The third-order valence-electron chi connectivity index (χ3n) is 1.56. The molecule has 0 aliphatic rings. The second-order valence-electron chi connectivity index (χ2n) is 3.01. The minimum atomic E-state index is -0.476. The molecule has 0 radical (unpaired) electrons. The molecular weight excluding hydrogens is 184 g/mol. The summed E-state index contributed by atoms with van der Waals surface area (Å²) in [5.74, 6) is 0.259. The Kier molecular flexibility index (Phi) is 3.41. The molecule has 1 rings (SSSR count). The molecule has 0 aliphatic carbocycles. The van der Waals surface area contributed by atoms with Crippen molar-refractivity contribution in [2.75, 3.05) is 6.61 Å². The van der Waals surface area contributed by atoms with Crippen LogP contribution < -0.4 is 10.5 Å². The SMILES string of the molecule is CC(N)COc1ccccc1[N+](=O)[O-]. The van der Waals surface area contributed by atoms with Gasteiger partial charge >= 0.3 is 5.69 Å². The second-order valence-corrected chi connectivity index (χ2v) is 3.01. The monoisotopic (exact) mass is 196 g/mol. The highest BCUT2D eigenvalue weighted by atomic mass is 16.6. The van der Waals surface area contributed by atoms with Crippen molar-refractivity contribution in [1.29, 1.82) is 0 Å². The highest BCUT2D eigenvalue weighted by Crippen LogP contribution is 2.25. The average Bonchev–Trinajstić information content (AvgIpc) is 2.15. The Balaban J connectivity index is 2.79. The zero-order valence-corrected chi connectivity index (χ0v) is 7.84. The summed E-state index contributed by atoms with van der Waals surface area (Å²) in [4.78, 5) is 10.1. The molecular formula is C9H12N2O3. The summed E-state index contributed by atoms with van der Waals surface area (Å²) in [6.45, 7) is 2.04. The molecule has 0 heterocycles. The van der Waals surface area contributed by atoms with Crippen LogP contribution >= 0.6 is 0 Å². The van der Waals surface area contributed by atoms with E-state index in [-0.39, 0.29) is 24.1 Å². The first kappa shape index (κ1) is 10.5. The molecule has 0 saturated heterocycles. The van der Waals surface area contributed by atoms with Gasteiger partial charge in [0.25, 0.3) is 0 Å². The van der Waals surface area contributed by atoms with Crippen LogP contribution in [0, 0.1) is 10.1 Å². The maximum absolute atomic E-state index is 10.6. The van der Waals surface area contributed by atoms with Gasteiger partial charge in [-0.2, -0.15) is 0 Å². The van der Waals surface area contributed by atoms with Crippen LogP contribution in [0.4, 0.5) is 5.69 Å². The van der Waals surface area contributed by atoms with E-state index in [1.54, 1.807) is 25.1 Å². The van der Waals surface area contributed by atoms with Gasteiger partial charge in [-0.05, 0) is 13.0 Å². The maximum Gasteiger partial charge on any atom is 0.310 e. The second kappa shape index (κ2) is 4.57. The summed E-state index contributed by atoms with van der Waals surface area (Å²) in [6, 6.07) is 6.09. The topological polar surface area (TPSA) is 78.4 Å². The van der Waals surface area contributed by atoms with Crippen LogP contribution in [0.15, 0.2) is 24.3 Å². The average molecular weight is 196 g/mol. The summed E-state index contributed by atoms with van der Waals surface area (Å²) >= 11 is 0. The van der Waals surface area contributed by atoms with E-state index in [0.29, 0.717) is 0 Å². The molecule has 1 aromatic rings. The van der Waals surface area contributed by atoms with Gasteiger partial charge in [0, 0.05) is 12.1 Å². The van der Waals surface area contributed by atoms with E-state index in [4.69, 9.17) is 10.5 Å². The number of nitro benzene ring substituents is 1. The Morgan fingerprint density at radius 1 is 1.57 bits per heavy atom. The van der Waals surface area contributed by atoms with Crippen LogP contribution in [0.1, 0.15) is 6.92 Å². The van der Waals surface area contributed by atoms with Gasteiger partial charge in [-0.15, -0.1) is 0 Å². The van der Waals surface area contributed by atoms with Crippen LogP contribution in [0.25, 0.3) is 0 Å². The number of hydrogen-bond donors (Lipinski definition) is 1. The third-order valence-corrected chi connectivity index (χ3v) is 1.56. The van der Waals surface area contributed by atoms with Gasteiger partial charge in [-0.3, -0.25) is 10.1 Å². The number of benzene rings is 1. The molecule has 1 aromatic carbocycles. The largest absolute Gasteiger partial charge is 0.485 e. The fraction of sp³-hybridized carbons (Fsp3) is 0.333. The summed E-state index contributed by atoms with van der Waals surface area (Å²) in [5, 5.41) is 10.6. The van der Waals surface area contributed by atoms with E-state index in [1.807, 2.05) is 0 Å². The predicted octanol–water partition coefficient (Wildman–Crippen LogP) is 1.32. The fourth-order valence-electron chi connectivity index (χ4n) is 0.951. The van der Waals surface area contributed by atoms with E-state index in [9.17, 15) is 10.1 Å². The van der Waals surface area contributed by atoms with Gasteiger partial charge in [-0.1, -0.05) is 12.1 Å². The third kappa shape index (κ3) is 2.70. The molecule has 0 fully saturated rings. The van der Waals surface area contributed by atoms with Gasteiger partial charge in [-0.25, -0.2) is 0 Å². The van der Waals surface area contributed by atoms with Crippen molar-refractivity contribution in [2.24, 2.45) is 5.73 Å². The van der Waals surface area contributed by atoms with Crippen molar-refractivity contribution >= 4 is 5.69 Å². The van der Waals surface area contributed by atoms with E-state index in [1.165, 1.54) is 6.07 Å². The molecule has 1 unspecified atom stereocenters. The van der Waals surface area contributed by atoms with Crippen molar-refractivity contribution in [3.05, 3.63) is 34.4 Å². The van der Waals surface area contributed by atoms with Crippen molar-refractivity contribution in [3.8, 4) is 5.75 Å². The summed E-state index contributed by atoms with van der Waals surface area (Å²) in [7, 11) is 0. The Hall–Kier alpha value is -1.62. The summed E-state index contributed by atoms with van der Waals surface area (Å²) in [6.07, 6.45) is 0. The Bertz CT molecular complexity index is 326. The Morgan fingerprint density at radius 2 is 2.21 bits per heavy atom. The number of nitrogens with two attached hydrogens (primary N) is 1. The van der Waals surface area contributed by atoms with Crippen LogP contribution in [0.3, 0.4) is 0 Å². The first-order valence-corrected chi connectivity index (χ1v) is 4.23. The van der Waals surface area contributed by atoms with Crippen molar-refractivity contribution < 1.29 is 9.66 Å². The molecule has 1 atom stereocenters. The van der Waals surface area contributed by atoms with E-state index < -0.39 is 4.92 Å². The zero-order chi connectivity index (χ0) is 10.6. The van der Waals surface area contributed by atoms with Crippen LogP contribution in [-0.4, -0.2) is 17.6 Å². The number of nitrogens with zero attached hydrogens (tertiary/aromatic N) is 1. The van der Waals surface area contributed by atoms with Crippen molar-refractivity contribution in [1.82, 2.24) is 0 Å². The minimum absolute atomic E-state index is 0.0341. The van der Waals surface area contributed by atoms with Crippen LogP contribution in [-0.2, 0) is 0 Å². The van der Waals surface area contributed by atoms with Crippen LogP contribution in [0.2, 0.25) is 0 Å². The molecule has 14 heavy (non-hydrogen) atoms. The number of para-hydroxylation sites is 2. The highest BCUT2D eigenvalue weighted by molar-refractivity contribution is 5.45. The lowest BCUT2D eigenvalue weighted by Gasteiger charge is -2.08. The van der Waals surface area contributed by atoms with Gasteiger partial charge < -0.3 is 10.5 Å². The first-order valence-electron chi connectivity index (χ1n) is 4.23. The first-order chi connectivity index (χ1) is 6.61. The summed E-state index contributed by atoms with van der Waals surface area (Å²) in [5.41, 5.74) is 5.44. The van der Waals surface area contributed by atoms with Crippen molar-refractivity contribution in [3.63, 3.8) is 0 Å². The lowest BCUT2D eigenvalue weighted by Crippen LogP contribution is -2.23. The number of ether oxygens (including phenoxy) is 1. The molecule has 0 bridgehead atoms. The van der Waals surface area contributed by atoms with Gasteiger partial charge in [0.15, 0.2) is 5.75 Å². The molecule has 0 saturated carbocycles. The van der Waals surface area contributed by atoms with Crippen LogP contribution in [0.5, 0.6) is 5.75 Å². The highest BCUT2D eigenvalue weighted by Gasteiger charge is 2.13. The normalized spacial score (nSPS) is 12.1. The molecule has 2 N–H and O–H groups in total. The van der Waals surface area contributed by atoms with E-state index in [0.717, 1.165) is 0 Å². The molecule has 5 heteroatoms. The molecule has 0 aromatic heterocycles. The van der Waals surface area contributed by atoms with Gasteiger partial charge in [0.05, 0.1) is 4.92 Å². The standard InChI is InChI=1S/C9H12N2O3/c1-7(10)6-14-9-5-3-2-4-8(9)11(12)13/h2-5,7H,6,10H2,1H3.